The zero-order chi connectivity index (χ0) is 14.9. The summed E-state index contributed by atoms with van der Waals surface area (Å²) in [4.78, 5) is 26.1. The molecule has 4 nitrogen and oxygen atoms in total. The summed E-state index contributed by atoms with van der Waals surface area (Å²) in [7, 11) is 0. The first-order chi connectivity index (χ1) is 9.40. The first kappa shape index (κ1) is 14.6. The fraction of sp³-hybridized carbons (Fsp3) is 0.500. The van der Waals surface area contributed by atoms with Gasteiger partial charge in [-0.25, -0.2) is 0 Å². The topological polar surface area (TPSA) is 49.4 Å². The fourth-order valence-corrected chi connectivity index (χ4v) is 2.40. The van der Waals surface area contributed by atoms with Gasteiger partial charge in [0.1, 0.15) is 6.04 Å². The fourth-order valence-electron chi connectivity index (χ4n) is 2.40. The number of rotatable bonds is 2. The Kier molecular flexibility index (Phi) is 4.12. The molecule has 20 heavy (non-hydrogen) atoms. The number of amides is 2. The lowest BCUT2D eigenvalue weighted by molar-refractivity contribution is -0.126. The number of anilines is 1. The number of carbonyl (C=O) groups is 2. The van der Waals surface area contributed by atoms with Crippen LogP contribution in [0, 0.1) is 19.8 Å². The van der Waals surface area contributed by atoms with Crippen molar-refractivity contribution in [3.05, 3.63) is 29.3 Å². The molecule has 1 fully saturated rings. The Labute approximate surface area is 120 Å². The molecule has 0 bridgehead atoms. The number of nitrogens with zero attached hydrogens (tertiary/aromatic N) is 1. The van der Waals surface area contributed by atoms with Gasteiger partial charge >= 0.3 is 0 Å². The second-order valence-corrected chi connectivity index (χ2v) is 5.80. The van der Waals surface area contributed by atoms with Gasteiger partial charge in [0.15, 0.2) is 0 Å². The Morgan fingerprint density at radius 1 is 1.20 bits per heavy atom. The number of carbonyl (C=O) groups excluding carboxylic acids is 2. The van der Waals surface area contributed by atoms with Crippen molar-refractivity contribution in [2.24, 2.45) is 5.92 Å². The molecule has 0 aliphatic carbocycles. The van der Waals surface area contributed by atoms with Crippen molar-refractivity contribution in [1.29, 1.82) is 0 Å². The molecule has 1 N–H and O–H groups in total. The van der Waals surface area contributed by atoms with E-state index in [2.05, 4.69) is 5.32 Å². The number of benzene rings is 1. The molecule has 1 aliphatic heterocycles. The predicted molar refractivity (Wildman–Crippen MR) is 79.7 cm³/mol. The molecule has 1 aromatic carbocycles. The summed E-state index contributed by atoms with van der Waals surface area (Å²) >= 11 is 0. The smallest absolute Gasteiger partial charge is 0.249 e. The van der Waals surface area contributed by atoms with E-state index in [0.717, 1.165) is 11.3 Å². The summed E-state index contributed by atoms with van der Waals surface area (Å²) in [6.45, 7) is 8.42. The van der Waals surface area contributed by atoms with Crippen LogP contribution in [0.4, 0.5) is 5.69 Å². The average molecular weight is 274 g/mol. The van der Waals surface area contributed by atoms with E-state index < -0.39 is 6.04 Å². The third-order valence-corrected chi connectivity index (χ3v) is 3.88. The largest absolute Gasteiger partial charge is 0.344 e. The van der Waals surface area contributed by atoms with E-state index in [9.17, 15) is 9.59 Å². The highest BCUT2D eigenvalue weighted by atomic mass is 16.2. The van der Waals surface area contributed by atoms with Crippen LogP contribution < -0.4 is 10.2 Å². The lowest BCUT2D eigenvalue weighted by Crippen LogP contribution is -2.47. The monoisotopic (exact) mass is 274 g/mol. The van der Waals surface area contributed by atoms with Crippen LogP contribution in [0.1, 0.15) is 31.4 Å². The third kappa shape index (κ3) is 2.84. The Morgan fingerprint density at radius 2 is 1.90 bits per heavy atom. The molecule has 0 radical (unpaired) electrons. The summed E-state index contributed by atoms with van der Waals surface area (Å²) in [5, 5.41) is 2.82. The highest BCUT2D eigenvalue weighted by molar-refractivity contribution is 6.01. The van der Waals surface area contributed by atoms with Crippen LogP contribution in [0.5, 0.6) is 0 Å². The van der Waals surface area contributed by atoms with E-state index in [1.807, 2.05) is 45.9 Å². The Hall–Kier alpha value is -1.84. The molecule has 108 valence electrons. The highest BCUT2D eigenvalue weighted by Gasteiger charge is 2.32. The molecule has 0 saturated carbocycles. The van der Waals surface area contributed by atoms with Gasteiger partial charge in [-0.2, -0.15) is 0 Å². The minimum absolute atomic E-state index is 0.0193. The van der Waals surface area contributed by atoms with E-state index >= 15 is 0 Å². The van der Waals surface area contributed by atoms with Gasteiger partial charge in [0.2, 0.25) is 11.8 Å². The molecule has 2 rings (SSSR count). The van der Waals surface area contributed by atoms with Crippen LogP contribution >= 0.6 is 0 Å². The average Bonchev–Trinajstić information content (AvgIpc) is 2.53. The Morgan fingerprint density at radius 3 is 2.50 bits per heavy atom. The van der Waals surface area contributed by atoms with Gasteiger partial charge in [0, 0.05) is 18.7 Å². The van der Waals surface area contributed by atoms with Crippen LogP contribution in [-0.4, -0.2) is 24.4 Å². The Balaban J connectivity index is 2.35. The van der Waals surface area contributed by atoms with Crippen LogP contribution in [0.3, 0.4) is 0 Å². The minimum atomic E-state index is -0.438. The van der Waals surface area contributed by atoms with Crippen LogP contribution in [0.25, 0.3) is 0 Å². The normalized spacial score (nSPS) is 20.1. The summed E-state index contributed by atoms with van der Waals surface area (Å²) < 4.78 is 0. The zero-order valence-electron chi connectivity index (χ0n) is 12.6. The first-order valence-corrected chi connectivity index (χ1v) is 7.08. The van der Waals surface area contributed by atoms with E-state index in [1.54, 1.807) is 4.90 Å². The van der Waals surface area contributed by atoms with Crippen molar-refractivity contribution in [1.82, 2.24) is 5.32 Å². The van der Waals surface area contributed by atoms with Crippen molar-refractivity contribution in [2.45, 2.75) is 40.2 Å². The summed E-state index contributed by atoms with van der Waals surface area (Å²) in [5.41, 5.74) is 3.23. The molecule has 0 spiro atoms. The summed E-state index contributed by atoms with van der Waals surface area (Å²) in [6, 6.07) is 5.54. The van der Waals surface area contributed by atoms with Crippen molar-refractivity contribution >= 4 is 17.5 Å². The van der Waals surface area contributed by atoms with Gasteiger partial charge in [-0.3, -0.25) is 9.59 Å². The third-order valence-electron chi connectivity index (χ3n) is 3.88. The first-order valence-electron chi connectivity index (χ1n) is 7.08. The highest BCUT2D eigenvalue weighted by Crippen LogP contribution is 2.22. The molecular weight excluding hydrogens is 252 g/mol. The maximum Gasteiger partial charge on any atom is 0.249 e. The maximum absolute atomic E-state index is 12.6. The molecule has 1 saturated heterocycles. The molecule has 1 atom stereocenters. The van der Waals surface area contributed by atoms with E-state index in [0.29, 0.717) is 13.0 Å². The number of nitrogens with one attached hydrogen (secondary N) is 1. The van der Waals surface area contributed by atoms with Gasteiger partial charge in [0.05, 0.1) is 0 Å². The molecule has 2 amide bonds. The van der Waals surface area contributed by atoms with Crippen molar-refractivity contribution in [3.63, 3.8) is 0 Å². The Bertz CT molecular complexity index is 537. The van der Waals surface area contributed by atoms with Gasteiger partial charge in [-0.1, -0.05) is 19.9 Å². The van der Waals surface area contributed by atoms with Gasteiger partial charge < -0.3 is 10.2 Å². The number of hydrogen-bond acceptors (Lipinski definition) is 2. The molecule has 1 aromatic rings. The molecule has 1 unspecified atom stereocenters. The lowest BCUT2D eigenvalue weighted by atomic mass is 10.0. The quantitative estimate of drug-likeness (QED) is 0.898. The van der Waals surface area contributed by atoms with Crippen LogP contribution in [-0.2, 0) is 9.59 Å². The predicted octanol–water partition coefficient (Wildman–Crippen LogP) is 2.18. The number of hydrogen-bond donors (Lipinski definition) is 1. The van der Waals surface area contributed by atoms with Crippen molar-refractivity contribution < 1.29 is 9.59 Å². The van der Waals surface area contributed by atoms with Gasteiger partial charge in [-0.15, -0.1) is 0 Å². The van der Waals surface area contributed by atoms with Crippen molar-refractivity contribution in [3.8, 4) is 0 Å². The molecule has 1 aliphatic rings. The second-order valence-electron chi connectivity index (χ2n) is 5.80. The standard InChI is InChI=1S/C16H22N2O2/c1-10(2)15-16(20)18(8-7-14(19)17-15)13-6-5-11(3)12(4)9-13/h5-6,9-10,15H,7-8H2,1-4H3,(H,17,19). The summed E-state index contributed by atoms with van der Waals surface area (Å²) in [6.07, 6.45) is 0.349. The zero-order valence-corrected chi connectivity index (χ0v) is 12.6. The molecule has 0 aromatic heterocycles. The minimum Gasteiger partial charge on any atom is -0.344 e. The van der Waals surface area contributed by atoms with Crippen molar-refractivity contribution in [2.75, 3.05) is 11.4 Å². The summed E-state index contributed by atoms with van der Waals surface area (Å²) in [5.74, 6) is 0.0103. The molecular formula is C16H22N2O2. The van der Waals surface area contributed by atoms with Crippen LogP contribution in [0.2, 0.25) is 0 Å². The number of aryl methyl sites for hydroxylation is 2. The lowest BCUT2D eigenvalue weighted by Gasteiger charge is -2.26. The van der Waals surface area contributed by atoms with E-state index in [4.69, 9.17) is 0 Å². The molecule has 1 heterocycles. The van der Waals surface area contributed by atoms with Crippen LogP contribution in [0.15, 0.2) is 18.2 Å². The van der Waals surface area contributed by atoms with E-state index in [-0.39, 0.29) is 17.7 Å². The molecule has 4 heteroatoms. The van der Waals surface area contributed by atoms with E-state index in [1.165, 1.54) is 5.56 Å². The maximum atomic E-state index is 12.6. The van der Waals surface area contributed by atoms with Gasteiger partial charge in [0.25, 0.3) is 0 Å². The second kappa shape index (κ2) is 5.65. The van der Waals surface area contributed by atoms with Gasteiger partial charge in [-0.05, 0) is 43.0 Å². The SMILES string of the molecule is Cc1ccc(N2CCC(=O)NC(C(C)C)C2=O)cc1C.